The Kier molecular flexibility index (Phi) is 4.59. The molecule has 1 aliphatic heterocycles. The summed E-state index contributed by atoms with van der Waals surface area (Å²) in [5.41, 5.74) is 1.03. The number of anilines is 1. The molecule has 0 bridgehead atoms. The number of piperidine rings is 1. The Morgan fingerprint density at radius 3 is 2.29 bits per heavy atom. The van der Waals surface area contributed by atoms with Gasteiger partial charge in [0.05, 0.1) is 11.6 Å². The number of rotatable bonds is 1. The predicted octanol–water partition coefficient (Wildman–Crippen LogP) is 2.29. The fourth-order valence-corrected chi connectivity index (χ4v) is 2.75. The highest BCUT2D eigenvalue weighted by Gasteiger charge is 2.32. The highest BCUT2D eigenvalue weighted by molar-refractivity contribution is 6.39. The van der Waals surface area contributed by atoms with Gasteiger partial charge in [-0.1, -0.05) is 0 Å². The van der Waals surface area contributed by atoms with Crippen molar-refractivity contribution in [2.24, 2.45) is 0 Å². The van der Waals surface area contributed by atoms with Crippen LogP contribution in [0.1, 0.15) is 38.7 Å². The van der Waals surface area contributed by atoms with Crippen molar-refractivity contribution in [3.63, 3.8) is 0 Å². The zero-order valence-electron chi connectivity index (χ0n) is 12.3. The minimum atomic E-state index is -0.625. The maximum atomic E-state index is 12.3. The van der Waals surface area contributed by atoms with Gasteiger partial charge in [0.15, 0.2) is 0 Å². The standard InChI is InChI=1S/C16H19N3O2/c1-11-4-3-5-12(2)19(11)16(21)15(20)18-14-8-6-13(10-17)7-9-14/h6-9,11-12H,3-5H2,1-2H3,(H,18,20). The molecule has 2 unspecified atom stereocenters. The van der Waals surface area contributed by atoms with Crippen LogP contribution in [0.25, 0.3) is 0 Å². The Morgan fingerprint density at radius 2 is 1.76 bits per heavy atom. The van der Waals surface area contributed by atoms with Crippen molar-refractivity contribution in [1.82, 2.24) is 4.90 Å². The maximum Gasteiger partial charge on any atom is 0.313 e. The number of nitriles is 1. The van der Waals surface area contributed by atoms with Crippen molar-refractivity contribution in [1.29, 1.82) is 5.26 Å². The molecular weight excluding hydrogens is 266 g/mol. The molecular formula is C16H19N3O2. The first-order chi connectivity index (χ1) is 10.0. The van der Waals surface area contributed by atoms with Crippen LogP contribution in [0.2, 0.25) is 0 Å². The molecule has 0 saturated carbocycles. The lowest BCUT2D eigenvalue weighted by molar-refractivity contribution is -0.147. The van der Waals surface area contributed by atoms with Gasteiger partial charge in [-0.15, -0.1) is 0 Å². The number of nitrogens with one attached hydrogen (secondary N) is 1. The van der Waals surface area contributed by atoms with Crippen LogP contribution in [0.3, 0.4) is 0 Å². The van der Waals surface area contributed by atoms with Gasteiger partial charge in [-0.3, -0.25) is 9.59 Å². The summed E-state index contributed by atoms with van der Waals surface area (Å²) >= 11 is 0. The molecule has 1 aromatic rings. The molecule has 1 aromatic carbocycles. The Labute approximate surface area is 124 Å². The molecule has 1 saturated heterocycles. The average molecular weight is 285 g/mol. The summed E-state index contributed by atoms with van der Waals surface area (Å²) in [5, 5.41) is 11.3. The lowest BCUT2D eigenvalue weighted by Gasteiger charge is -2.38. The molecule has 110 valence electrons. The van der Waals surface area contributed by atoms with Crippen LogP contribution in [-0.2, 0) is 9.59 Å². The van der Waals surface area contributed by atoms with Crippen LogP contribution in [0.15, 0.2) is 24.3 Å². The number of benzene rings is 1. The van der Waals surface area contributed by atoms with E-state index >= 15 is 0 Å². The van der Waals surface area contributed by atoms with E-state index in [2.05, 4.69) is 5.32 Å². The zero-order chi connectivity index (χ0) is 15.4. The molecule has 1 fully saturated rings. The molecule has 5 heteroatoms. The Bertz CT molecular complexity index is 564. The van der Waals surface area contributed by atoms with E-state index < -0.39 is 11.8 Å². The molecule has 0 aliphatic carbocycles. The van der Waals surface area contributed by atoms with Gasteiger partial charge in [0, 0.05) is 17.8 Å². The maximum absolute atomic E-state index is 12.3. The number of amides is 2. The average Bonchev–Trinajstić information content (AvgIpc) is 2.47. The molecule has 21 heavy (non-hydrogen) atoms. The van der Waals surface area contributed by atoms with E-state index in [1.54, 1.807) is 29.2 Å². The van der Waals surface area contributed by atoms with Crippen molar-refractivity contribution < 1.29 is 9.59 Å². The van der Waals surface area contributed by atoms with Gasteiger partial charge in [-0.25, -0.2) is 0 Å². The van der Waals surface area contributed by atoms with Crippen LogP contribution in [0, 0.1) is 11.3 Å². The lowest BCUT2D eigenvalue weighted by atomic mass is 9.97. The van der Waals surface area contributed by atoms with Crippen molar-refractivity contribution in [2.75, 3.05) is 5.32 Å². The molecule has 2 amide bonds. The summed E-state index contributed by atoms with van der Waals surface area (Å²) in [4.78, 5) is 26.1. The normalized spacial score (nSPS) is 21.5. The van der Waals surface area contributed by atoms with Gasteiger partial charge in [0.25, 0.3) is 0 Å². The first-order valence-corrected chi connectivity index (χ1v) is 7.16. The van der Waals surface area contributed by atoms with Crippen molar-refractivity contribution in [3.8, 4) is 6.07 Å². The molecule has 2 rings (SSSR count). The largest absolute Gasteiger partial charge is 0.329 e. The van der Waals surface area contributed by atoms with E-state index in [9.17, 15) is 9.59 Å². The second kappa shape index (κ2) is 6.40. The molecule has 0 radical (unpaired) electrons. The first kappa shape index (κ1) is 15.0. The van der Waals surface area contributed by atoms with E-state index in [0.29, 0.717) is 11.3 Å². The summed E-state index contributed by atoms with van der Waals surface area (Å²) in [6.45, 7) is 3.95. The fourth-order valence-electron chi connectivity index (χ4n) is 2.75. The Balaban J connectivity index is 2.05. The van der Waals surface area contributed by atoms with Gasteiger partial charge in [-0.05, 0) is 57.4 Å². The minimum absolute atomic E-state index is 0.0907. The minimum Gasteiger partial charge on any atom is -0.329 e. The predicted molar refractivity (Wildman–Crippen MR) is 79.4 cm³/mol. The summed E-state index contributed by atoms with van der Waals surface area (Å²) < 4.78 is 0. The molecule has 1 heterocycles. The van der Waals surface area contributed by atoms with Crippen molar-refractivity contribution in [3.05, 3.63) is 29.8 Å². The van der Waals surface area contributed by atoms with Crippen molar-refractivity contribution in [2.45, 2.75) is 45.2 Å². The van der Waals surface area contributed by atoms with Gasteiger partial charge in [0.2, 0.25) is 0 Å². The van der Waals surface area contributed by atoms with E-state index in [1.807, 2.05) is 19.9 Å². The molecule has 0 aromatic heterocycles. The van der Waals surface area contributed by atoms with Gasteiger partial charge in [-0.2, -0.15) is 5.26 Å². The van der Waals surface area contributed by atoms with E-state index in [-0.39, 0.29) is 12.1 Å². The molecule has 1 aliphatic rings. The molecule has 0 spiro atoms. The smallest absolute Gasteiger partial charge is 0.313 e. The number of hydrogen-bond donors (Lipinski definition) is 1. The Morgan fingerprint density at radius 1 is 1.19 bits per heavy atom. The number of nitrogens with zero attached hydrogens (tertiary/aromatic N) is 2. The molecule has 1 N–H and O–H groups in total. The third kappa shape index (κ3) is 3.40. The van der Waals surface area contributed by atoms with Crippen LogP contribution < -0.4 is 5.32 Å². The van der Waals surface area contributed by atoms with E-state index in [4.69, 9.17) is 5.26 Å². The van der Waals surface area contributed by atoms with Gasteiger partial charge < -0.3 is 10.2 Å². The summed E-state index contributed by atoms with van der Waals surface area (Å²) in [7, 11) is 0. The molecule has 2 atom stereocenters. The van der Waals surface area contributed by atoms with Crippen molar-refractivity contribution >= 4 is 17.5 Å². The van der Waals surface area contributed by atoms with Crippen LogP contribution in [0.4, 0.5) is 5.69 Å². The lowest BCUT2D eigenvalue weighted by Crippen LogP contribution is -2.51. The highest BCUT2D eigenvalue weighted by Crippen LogP contribution is 2.22. The van der Waals surface area contributed by atoms with Gasteiger partial charge >= 0.3 is 11.8 Å². The highest BCUT2D eigenvalue weighted by atomic mass is 16.2. The quantitative estimate of drug-likeness (QED) is 0.804. The van der Waals surface area contributed by atoms with E-state index in [0.717, 1.165) is 19.3 Å². The monoisotopic (exact) mass is 285 g/mol. The number of likely N-dealkylation sites (tertiary alicyclic amines) is 1. The third-order valence-electron chi connectivity index (χ3n) is 3.89. The topological polar surface area (TPSA) is 73.2 Å². The van der Waals surface area contributed by atoms with Crippen LogP contribution in [0.5, 0.6) is 0 Å². The summed E-state index contributed by atoms with van der Waals surface area (Å²) in [5.74, 6) is -1.11. The number of carbonyl (C=O) groups excluding carboxylic acids is 2. The zero-order valence-corrected chi connectivity index (χ0v) is 12.3. The fraction of sp³-hybridized carbons (Fsp3) is 0.438. The molecule has 5 nitrogen and oxygen atoms in total. The third-order valence-corrected chi connectivity index (χ3v) is 3.89. The number of carbonyl (C=O) groups is 2. The van der Waals surface area contributed by atoms with Crippen LogP contribution in [-0.4, -0.2) is 28.8 Å². The Hall–Kier alpha value is -2.35. The number of hydrogen-bond acceptors (Lipinski definition) is 3. The second-order valence-corrected chi connectivity index (χ2v) is 5.48. The second-order valence-electron chi connectivity index (χ2n) is 5.48. The SMILES string of the molecule is CC1CCCC(C)N1C(=O)C(=O)Nc1ccc(C#N)cc1. The summed E-state index contributed by atoms with van der Waals surface area (Å²) in [6, 6.07) is 8.63. The summed E-state index contributed by atoms with van der Waals surface area (Å²) in [6.07, 6.45) is 2.95. The van der Waals surface area contributed by atoms with E-state index in [1.165, 1.54) is 0 Å². The van der Waals surface area contributed by atoms with Gasteiger partial charge in [0.1, 0.15) is 0 Å². The first-order valence-electron chi connectivity index (χ1n) is 7.16. The van der Waals surface area contributed by atoms with Crippen LogP contribution >= 0.6 is 0 Å².